The fourth-order valence-electron chi connectivity index (χ4n) is 1.49. The predicted molar refractivity (Wildman–Crippen MR) is 69.0 cm³/mol. The summed E-state index contributed by atoms with van der Waals surface area (Å²) >= 11 is 5.61. The van der Waals surface area contributed by atoms with Crippen LogP contribution >= 0.6 is 11.6 Å². The van der Waals surface area contributed by atoms with Crippen LogP contribution in [0.3, 0.4) is 0 Å². The van der Waals surface area contributed by atoms with Crippen molar-refractivity contribution in [3.8, 4) is 5.75 Å². The predicted octanol–water partition coefficient (Wildman–Crippen LogP) is 3.49. The first kappa shape index (κ1) is 13.1. The first-order chi connectivity index (χ1) is 7.69. The van der Waals surface area contributed by atoms with Crippen LogP contribution in [0.4, 0.5) is 0 Å². The molecule has 0 radical (unpaired) electrons. The Morgan fingerprint density at radius 3 is 2.81 bits per heavy atom. The highest BCUT2D eigenvalue weighted by atomic mass is 35.5. The second-order valence-electron chi connectivity index (χ2n) is 3.80. The topological polar surface area (TPSA) is 21.3 Å². The molecule has 1 aromatic rings. The summed E-state index contributed by atoms with van der Waals surface area (Å²) in [4.78, 5) is 0. The molecule has 0 fully saturated rings. The van der Waals surface area contributed by atoms with Crippen LogP contribution < -0.4 is 10.1 Å². The summed E-state index contributed by atoms with van der Waals surface area (Å²) in [5, 5.41) is 3.39. The number of nitrogens with one attached hydrogen (secondary N) is 1. The molecule has 0 aliphatic rings. The van der Waals surface area contributed by atoms with E-state index in [1.165, 1.54) is 0 Å². The SMILES string of the molecule is COc1ccccc1[C@@H](C)NC/C(C)=C/Cl. The normalized spacial score (nSPS) is 13.6. The van der Waals surface area contributed by atoms with Crippen LogP contribution in [0.1, 0.15) is 25.5 Å². The lowest BCUT2D eigenvalue weighted by Gasteiger charge is -2.17. The molecule has 3 heteroatoms. The largest absolute Gasteiger partial charge is 0.496 e. The van der Waals surface area contributed by atoms with Gasteiger partial charge in [0.05, 0.1) is 7.11 Å². The molecule has 0 aliphatic carbocycles. The third-order valence-electron chi connectivity index (χ3n) is 2.48. The highest BCUT2D eigenvalue weighted by Gasteiger charge is 2.09. The molecule has 0 saturated carbocycles. The van der Waals surface area contributed by atoms with Gasteiger partial charge in [-0.1, -0.05) is 29.8 Å². The van der Waals surface area contributed by atoms with E-state index in [9.17, 15) is 0 Å². The minimum absolute atomic E-state index is 0.239. The van der Waals surface area contributed by atoms with Gasteiger partial charge in [-0.05, 0) is 25.5 Å². The average molecular weight is 240 g/mol. The van der Waals surface area contributed by atoms with Crippen molar-refractivity contribution in [2.24, 2.45) is 0 Å². The van der Waals surface area contributed by atoms with Gasteiger partial charge in [-0.2, -0.15) is 0 Å². The smallest absolute Gasteiger partial charge is 0.123 e. The van der Waals surface area contributed by atoms with Crippen LogP contribution in [0, 0.1) is 0 Å². The lowest BCUT2D eigenvalue weighted by atomic mass is 10.1. The van der Waals surface area contributed by atoms with Crippen molar-refractivity contribution < 1.29 is 4.74 Å². The summed E-state index contributed by atoms with van der Waals surface area (Å²) in [6.07, 6.45) is 0. The summed E-state index contributed by atoms with van der Waals surface area (Å²) in [7, 11) is 1.69. The molecule has 0 amide bonds. The summed E-state index contributed by atoms with van der Waals surface area (Å²) < 4.78 is 5.32. The zero-order chi connectivity index (χ0) is 12.0. The second-order valence-corrected chi connectivity index (χ2v) is 4.02. The number of hydrogen-bond donors (Lipinski definition) is 1. The minimum Gasteiger partial charge on any atom is -0.496 e. The van der Waals surface area contributed by atoms with Crippen molar-refractivity contribution in [3.05, 3.63) is 40.9 Å². The Balaban J connectivity index is 2.68. The van der Waals surface area contributed by atoms with Gasteiger partial charge in [-0.3, -0.25) is 0 Å². The highest BCUT2D eigenvalue weighted by molar-refractivity contribution is 6.25. The highest BCUT2D eigenvalue weighted by Crippen LogP contribution is 2.24. The van der Waals surface area contributed by atoms with Crippen molar-refractivity contribution in [1.29, 1.82) is 0 Å². The van der Waals surface area contributed by atoms with Crippen LogP contribution in [-0.2, 0) is 0 Å². The zero-order valence-electron chi connectivity index (χ0n) is 9.96. The zero-order valence-corrected chi connectivity index (χ0v) is 10.7. The molecule has 88 valence electrons. The number of para-hydroxylation sites is 1. The Labute approximate surface area is 102 Å². The number of halogens is 1. The Morgan fingerprint density at radius 2 is 2.19 bits per heavy atom. The van der Waals surface area contributed by atoms with Crippen molar-refractivity contribution in [1.82, 2.24) is 5.32 Å². The first-order valence-electron chi connectivity index (χ1n) is 5.31. The van der Waals surface area contributed by atoms with Gasteiger partial charge in [0, 0.05) is 23.7 Å². The van der Waals surface area contributed by atoms with Gasteiger partial charge in [0.2, 0.25) is 0 Å². The molecule has 16 heavy (non-hydrogen) atoms. The molecule has 0 aliphatic heterocycles. The van der Waals surface area contributed by atoms with Gasteiger partial charge in [0.15, 0.2) is 0 Å². The maximum absolute atomic E-state index is 5.61. The van der Waals surface area contributed by atoms with Gasteiger partial charge in [0.25, 0.3) is 0 Å². The summed E-state index contributed by atoms with van der Waals surface area (Å²) in [6.45, 7) is 4.89. The lowest BCUT2D eigenvalue weighted by molar-refractivity contribution is 0.402. The van der Waals surface area contributed by atoms with Crippen molar-refractivity contribution in [2.45, 2.75) is 19.9 Å². The van der Waals surface area contributed by atoms with Crippen LogP contribution in [0.2, 0.25) is 0 Å². The fourth-order valence-corrected chi connectivity index (χ4v) is 1.56. The van der Waals surface area contributed by atoms with E-state index in [0.717, 1.165) is 23.4 Å². The molecular weight excluding hydrogens is 222 g/mol. The molecular formula is C13H18ClNO. The Hall–Kier alpha value is -0.990. The molecule has 1 N–H and O–H groups in total. The van der Waals surface area contributed by atoms with Gasteiger partial charge < -0.3 is 10.1 Å². The number of methoxy groups -OCH3 is 1. The van der Waals surface area contributed by atoms with Crippen LogP contribution in [0.5, 0.6) is 5.75 Å². The molecule has 0 unspecified atom stereocenters. The molecule has 0 aromatic heterocycles. The third-order valence-corrected chi connectivity index (χ3v) is 2.85. The molecule has 1 aromatic carbocycles. The Kier molecular flexibility index (Phi) is 5.36. The van der Waals surface area contributed by atoms with Crippen LogP contribution in [0.25, 0.3) is 0 Å². The Bertz CT molecular complexity index is 363. The lowest BCUT2D eigenvalue weighted by Crippen LogP contribution is -2.20. The van der Waals surface area contributed by atoms with Gasteiger partial charge in [-0.25, -0.2) is 0 Å². The molecule has 0 saturated heterocycles. The van der Waals surface area contributed by atoms with E-state index < -0.39 is 0 Å². The van der Waals surface area contributed by atoms with E-state index in [2.05, 4.69) is 18.3 Å². The van der Waals surface area contributed by atoms with Gasteiger partial charge >= 0.3 is 0 Å². The number of benzene rings is 1. The van der Waals surface area contributed by atoms with Crippen molar-refractivity contribution in [3.63, 3.8) is 0 Å². The standard InChI is InChI=1S/C13H18ClNO/c1-10(8-14)9-15-11(2)12-6-4-5-7-13(12)16-3/h4-8,11,15H,9H2,1-3H3/b10-8+/t11-/m1/s1. The van der Waals surface area contributed by atoms with Crippen molar-refractivity contribution in [2.75, 3.05) is 13.7 Å². The molecule has 1 atom stereocenters. The second kappa shape index (κ2) is 6.56. The number of rotatable bonds is 5. The fraction of sp³-hybridized carbons (Fsp3) is 0.385. The number of ether oxygens (including phenoxy) is 1. The third kappa shape index (κ3) is 3.54. The maximum Gasteiger partial charge on any atom is 0.123 e. The van der Waals surface area contributed by atoms with Gasteiger partial charge in [-0.15, -0.1) is 0 Å². The molecule has 2 nitrogen and oxygen atoms in total. The molecule has 0 spiro atoms. The molecule has 0 heterocycles. The first-order valence-corrected chi connectivity index (χ1v) is 5.74. The number of hydrogen-bond acceptors (Lipinski definition) is 2. The van der Waals surface area contributed by atoms with Crippen LogP contribution in [-0.4, -0.2) is 13.7 Å². The average Bonchev–Trinajstić information content (AvgIpc) is 2.35. The summed E-state index contributed by atoms with van der Waals surface area (Å²) in [6, 6.07) is 8.26. The van der Waals surface area contributed by atoms with E-state index in [1.807, 2.05) is 25.1 Å². The molecule has 1 rings (SSSR count). The molecule has 0 bridgehead atoms. The minimum atomic E-state index is 0.239. The van der Waals surface area contributed by atoms with Crippen LogP contribution in [0.15, 0.2) is 35.4 Å². The maximum atomic E-state index is 5.61. The van der Waals surface area contributed by atoms with Crippen molar-refractivity contribution >= 4 is 11.6 Å². The van der Waals surface area contributed by atoms with E-state index >= 15 is 0 Å². The quantitative estimate of drug-likeness (QED) is 0.850. The van der Waals surface area contributed by atoms with E-state index in [0.29, 0.717) is 0 Å². The van der Waals surface area contributed by atoms with E-state index in [1.54, 1.807) is 12.6 Å². The van der Waals surface area contributed by atoms with Gasteiger partial charge in [0.1, 0.15) is 5.75 Å². The monoisotopic (exact) mass is 239 g/mol. The van der Waals surface area contributed by atoms with E-state index in [-0.39, 0.29) is 6.04 Å². The Morgan fingerprint density at radius 1 is 1.50 bits per heavy atom. The summed E-state index contributed by atoms with van der Waals surface area (Å²) in [5.41, 5.74) is 3.87. The summed E-state index contributed by atoms with van der Waals surface area (Å²) in [5.74, 6) is 0.912. The van der Waals surface area contributed by atoms with E-state index in [4.69, 9.17) is 16.3 Å².